The summed E-state index contributed by atoms with van der Waals surface area (Å²) in [5, 5.41) is 6.75. The summed E-state index contributed by atoms with van der Waals surface area (Å²) in [6, 6.07) is 7.82. The summed E-state index contributed by atoms with van der Waals surface area (Å²) < 4.78 is 66.1. The number of aromatic nitrogens is 3. The third-order valence-electron chi connectivity index (χ3n) is 3.93. The van der Waals surface area contributed by atoms with E-state index in [4.69, 9.17) is 0 Å². The van der Waals surface area contributed by atoms with Crippen molar-refractivity contribution in [3.8, 4) is 0 Å². The van der Waals surface area contributed by atoms with Gasteiger partial charge in [-0.2, -0.15) is 17.5 Å². The van der Waals surface area contributed by atoms with Crippen LogP contribution in [0.15, 0.2) is 30.3 Å². The molecule has 0 saturated carbocycles. The van der Waals surface area contributed by atoms with Gasteiger partial charge in [0.2, 0.25) is 15.8 Å². The van der Waals surface area contributed by atoms with Gasteiger partial charge in [0, 0.05) is 13.1 Å². The molecule has 1 aromatic carbocycles. The molecular formula is C14H15F3N4O2S. The molecule has 1 aliphatic rings. The monoisotopic (exact) mass is 360 g/mol. The van der Waals surface area contributed by atoms with E-state index in [-0.39, 0.29) is 24.7 Å². The zero-order chi connectivity index (χ0) is 17.5. The topological polar surface area (TPSA) is 68.1 Å². The number of sulfonamides is 1. The van der Waals surface area contributed by atoms with Crippen LogP contribution in [0.4, 0.5) is 13.2 Å². The van der Waals surface area contributed by atoms with Gasteiger partial charge < -0.3 is 4.57 Å². The molecule has 2 heterocycles. The van der Waals surface area contributed by atoms with Gasteiger partial charge in [-0.15, -0.1) is 10.2 Å². The lowest BCUT2D eigenvalue weighted by Crippen LogP contribution is -2.42. The number of fused-ring (bicyclic) bond motifs is 1. The van der Waals surface area contributed by atoms with Crippen LogP contribution in [0.5, 0.6) is 0 Å². The summed E-state index contributed by atoms with van der Waals surface area (Å²) in [7, 11) is -3.68. The summed E-state index contributed by atoms with van der Waals surface area (Å²) in [6.07, 6.45) is -4.62. The number of hydrogen-bond acceptors (Lipinski definition) is 4. The maximum atomic E-state index is 12.9. The molecule has 0 amide bonds. The number of rotatable bonds is 3. The highest BCUT2D eigenvalue weighted by molar-refractivity contribution is 7.88. The summed E-state index contributed by atoms with van der Waals surface area (Å²) >= 11 is 0. The van der Waals surface area contributed by atoms with Crippen molar-refractivity contribution in [2.24, 2.45) is 0 Å². The normalized spacial score (nSPS) is 19.2. The predicted molar refractivity (Wildman–Crippen MR) is 79.2 cm³/mol. The van der Waals surface area contributed by atoms with Crippen LogP contribution in [0.2, 0.25) is 0 Å². The molecule has 0 radical (unpaired) electrons. The Hall–Kier alpha value is -1.94. The Labute approximate surface area is 137 Å². The first kappa shape index (κ1) is 16.9. The molecule has 1 aromatic heterocycles. The van der Waals surface area contributed by atoms with Crippen LogP contribution in [-0.4, -0.2) is 34.0 Å². The van der Waals surface area contributed by atoms with Crippen molar-refractivity contribution in [1.29, 1.82) is 0 Å². The summed E-state index contributed by atoms with van der Waals surface area (Å²) in [5.41, 5.74) is 0.618. The molecule has 0 fully saturated rings. The summed E-state index contributed by atoms with van der Waals surface area (Å²) in [4.78, 5) is 0. The molecule has 24 heavy (non-hydrogen) atoms. The van der Waals surface area contributed by atoms with E-state index in [9.17, 15) is 21.6 Å². The van der Waals surface area contributed by atoms with Crippen molar-refractivity contribution in [2.45, 2.75) is 31.4 Å². The highest BCUT2D eigenvalue weighted by Crippen LogP contribution is 2.34. The number of nitrogens with zero attached hydrogens (tertiary/aromatic N) is 4. The minimum Gasteiger partial charge on any atom is -0.305 e. The minimum absolute atomic E-state index is 0.00483. The average Bonchev–Trinajstić information content (AvgIpc) is 2.93. The largest absolute Gasteiger partial charge is 0.451 e. The second kappa shape index (κ2) is 5.85. The average molecular weight is 360 g/mol. The molecule has 0 spiro atoms. The summed E-state index contributed by atoms with van der Waals surface area (Å²) in [6.45, 7) is 1.34. The number of benzene rings is 1. The van der Waals surface area contributed by atoms with Crippen molar-refractivity contribution < 1.29 is 21.6 Å². The fraction of sp³-hybridized carbons (Fsp3) is 0.429. The number of alkyl halides is 3. The van der Waals surface area contributed by atoms with Gasteiger partial charge in [0.25, 0.3) is 0 Å². The molecule has 0 saturated heterocycles. The standard InChI is InChI=1S/C14H15F3N4O2S/c1-10-12-18-19-13(14(15,16)17)20(12)7-8-21(10)24(22,23)9-11-5-3-2-4-6-11/h2-6,10H,7-9H2,1H3. The molecular weight excluding hydrogens is 345 g/mol. The number of hydrogen-bond donors (Lipinski definition) is 0. The van der Waals surface area contributed by atoms with Crippen LogP contribution < -0.4 is 0 Å². The van der Waals surface area contributed by atoms with Gasteiger partial charge in [0.05, 0.1) is 11.8 Å². The molecule has 130 valence electrons. The third-order valence-corrected chi connectivity index (χ3v) is 5.84. The first-order valence-electron chi connectivity index (χ1n) is 7.24. The highest BCUT2D eigenvalue weighted by atomic mass is 32.2. The number of halogens is 3. The van der Waals surface area contributed by atoms with E-state index in [0.717, 1.165) is 4.57 Å². The zero-order valence-electron chi connectivity index (χ0n) is 12.7. The minimum atomic E-state index is -4.62. The fourth-order valence-corrected chi connectivity index (χ4v) is 4.54. The van der Waals surface area contributed by atoms with Crippen LogP contribution in [0, 0.1) is 0 Å². The van der Waals surface area contributed by atoms with E-state index >= 15 is 0 Å². The van der Waals surface area contributed by atoms with Crippen LogP contribution in [0.25, 0.3) is 0 Å². The van der Waals surface area contributed by atoms with Crippen LogP contribution in [-0.2, 0) is 28.5 Å². The molecule has 1 unspecified atom stereocenters. The van der Waals surface area contributed by atoms with Gasteiger partial charge in [0.1, 0.15) is 0 Å². The first-order valence-corrected chi connectivity index (χ1v) is 8.85. The van der Waals surface area contributed by atoms with Crippen molar-refractivity contribution in [2.75, 3.05) is 6.54 Å². The fourth-order valence-electron chi connectivity index (χ4n) is 2.82. The third kappa shape index (κ3) is 3.03. The van der Waals surface area contributed by atoms with Crippen molar-refractivity contribution in [3.63, 3.8) is 0 Å². The van der Waals surface area contributed by atoms with Crippen LogP contribution in [0.1, 0.15) is 30.2 Å². The molecule has 2 aromatic rings. The van der Waals surface area contributed by atoms with E-state index in [2.05, 4.69) is 10.2 Å². The van der Waals surface area contributed by atoms with E-state index in [0.29, 0.717) is 5.56 Å². The van der Waals surface area contributed by atoms with E-state index in [1.54, 1.807) is 30.3 Å². The SMILES string of the molecule is CC1c2nnc(C(F)(F)F)n2CCN1S(=O)(=O)Cc1ccccc1. The molecule has 1 aliphatic heterocycles. The Bertz CT molecular complexity index is 833. The molecule has 6 nitrogen and oxygen atoms in total. The van der Waals surface area contributed by atoms with E-state index in [1.165, 1.54) is 11.2 Å². The van der Waals surface area contributed by atoms with Gasteiger partial charge in [0.15, 0.2) is 5.82 Å². The lowest BCUT2D eigenvalue weighted by molar-refractivity contribution is -0.147. The van der Waals surface area contributed by atoms with E-state index in [1.807, 2.05) is 0 Å². The second-order valence-electron chi connectivity index (χ2n) is 5.56. The Morgan fingerprint density at radius 3 is 2.46 bits per heavy atom. The van der Waals surface area contributed by atoms with Gasteiger partial charge in [-0.25, -0.2) is 8.42 Å². The maximum Gasteiger partial charge on any atom is 0.451 e. The molecule has 0 bridgehead atoms. The Morgan fingerprint density at radius 2 is 1.83 bits per heavy atom. The lowest BCUT2D eigenvalue weighted by Gasteiger charge is -2.32. The van der Waals surface area contributed by atoms with Crippen molar-refractivity contribution in [1.82, 2.24) is 19.1 Å². The molecule has 1 atom stereocenters. The zero-order valence-corrected chi connectivity index (χ0v) is 13.5. The van der Waals surface area contributed by atoms with E-state index < -0.39 is 28.1 Å². The van der Waals surface area contributed by atoms with Gasteiger partial charge in [-0.3, -0.25) is 0 Å². The Balaban J connectivity index is 1.88. The molecule has 10 heteroatoms. The smallest absolute Gasteiger partial charge is 0.305 e. The summed E-state index contributed by atoms with van der Waals surface area (Å²) in [5.74, 6) is -1.30. The van der Waals surface area contributed by atoms with Gasteiger partial charge in [-0.05, 0) is 12.5 Å². The lowest BCUT2D eigenvalue weighted by atomic mass is 10.2. The molecule has 0 aliphatic carbocycles. The Morgan fingerprint density at radius 1 is 1.17 bits per heavy atom. The molecule has 3 rings (SSSR count). The first-order chi connectivity index (χ1) is 11.2. The Kier molecular flexibility index (Phi) is 4.12. The second-order valence-corrected chi connectivity index (χ2v) is 7.48. The molecule has 0 N–H and O–H groups in total. The van der Waals surface area contributed by atoms with Gasteiger partial charge in [-0.1, -0.05) is 30.3 Å². The predicted octanol–water partition coefficient (Wildman–Crippen LogP) is 2.20. The maximum absolute atomic E-state index is 12.9. The van der Waals surface area contributed by atoms with Gasteiger partial charge >= 0.3 is 6.18 Å². The van der Waals surface area contributed by atoms with Crippen molar-refractivity contribution >= 4 is 10.0 Å². The quantitative estimate of drug-likeness (QED) is 0.842. The van der Waals surface area contributed by atoms with Crippen molar-refractivity contribution in [3.05, 3.63) is 47.5 Å². The van der Waals surface area contributed by atoms with Crippen LogP contribution in [0.3, 0.4) is 0 Å². The van der Waals surface area contributed by atoms with Crippen LogP contribution >= 0.6 is 0 Å². The highest BCUT2D eigenvalue weighted by Gasteiger charge is 2.42.